The molecule has 1 aliphatic heterocycles. The SMILES string of the molecule is C[C@H]1CN(C(=O)c2ccc(S(=O)(=O)Nc3ccccc3Cl)cc2)C[C@H](C)O1. The normalized spacial score (nSPS) is 20.3. The molecule has 8 heteroatoms. The van der Waals surface area contributed by atoms with Crippen LogP contribution in [0.15, 0.2) is 53.4 Å². The molecule has 1 saturated heterocycles. The number of amides is 1. The van der Waals surface area contributed by atoms with Crippen molar-refractivity contribution in [2.24, 2.45) is 0 Å². The molecule has 1 N–H and O–H groups in total. The largest absolute Gasteiger partial charge is 0.372 e. The van der Waals surface area contributed by atoms with Crippen LogP contribution in [0.4, 0.5) is 5.69 Å². The van der Waals surface area contributed by atoms with E-state index in [4.69, 9.17) is 16.3 Å². The van der Waals surface area contributed by atoms with Gasteiger partial charge in [0.05, 0.1) is 27.8 Å². The van der Waals surface area contributed by atoms with Crippen LogP contribution in [0, 0.1) is 0 Å². The van der Waals surface area contributed by atoms with Gasteiger partial charge in [-0.2, -0.15) is 0 Å². The van der Waals surface area contributed by atoms with E-state index in [1.165, 1.54) is 24.3 Å². The molecule has 0 spiro atoms. The Hall–Kier alpha value is -2.09. The van der Waals surface area contributed by atoms with Crippen LogP contribution in [0.1, 0.15) is 24.2 Å². The van der Waals surface area contributed by atoms with E-state index in [2.05, 4.69) is 4.72 Å². The molecule has 0 radical (unpaired) electrons. The van der Waals surface area contributed by atoms with Crippen molar-refractivity contribution in [2.45, 2.75) is 31.0 Å². The van der Waals surface area contributed by atoms with Crippen LogP contribution >= 0.6 is 11.6 Å². The van der Waals surface area contributed by atoms with Crippen molar-refractivity contribution in [3.63, 3.8) is 0 Å². The number of morpholine rings is 1. The number of sulfonamides is 1. The van der Waals surface area contributed by atoms with Gasteiger partial charge >= 0.3 is 0 Å². The highest BCUT2D eigenvalue weighted by molar-refractivity contribution is 7.92. The van der Waals surface area contributed by atoms with Crippen LogP contribution in [0.5, 0.6) is 0 Å². The Bertz CT molecular complexity index is 921. The topological polar surface area (TPSA) is 75.7 Å². The number of anilines is 1. The number of rotatable bonds is 4. The van der Waals surface area contributed by atoms with E-state index in [-0.39, 0.29) is 23.0 Å². The molecule has 6 nitrogen and oxygen atoms in total. The van der Waals surface area contributed by atoms with Gasteiger partial charge in [0.15, 0.2) is 0 Å². The van der Waals surface area contributed by atoms with E-state index in [1.54, 1.807) is 29.2 Å². The Labute approximate surface area is 164 Å². The minimum Gasteiger partial charge on any atom is -0.372 e. The number of para-hydroxylation sites is 1. The van der Waals surface area contributed by atoms with Crippen molar-refractivity contribution in [3.8, 4) is 0 Å². The number of benzene rings is 2. The lowest BCUT2D eigenvalue weighted by atomic mass is 10.1. The average molecular weight is 409 g/mol. The van der Waals surface area contributed by atoms with Crippen LogP contribution in [0.25, 0.3) is 0 Å². The number of hydrogen-bond donors (Lipinski definition) is 1. The van der Waals surface area contributed by atoms with Crippen LogP contribution in [0.2, 0.25) is 5.02 Å². The fraction of sp³-hybridized carbons (Fsp3) is 0.316. The maximum absolute atomic E-state index is 12.7. The molecule has 2 atom stereocenters. The van der Waals surface area contributed by atoms with Gasteiger partial charge in [0, 0.05) is 18.7 Å². The van der Waals surface area contributed by atoms with E-state index in [0.717, 1.165) is 0 Å². The van der Waals surface area contributed by atoms with E-state index in [1.807, 2.05) is 13.8 Å². The van der Waals surface area contributed by atoms with Gasteiger partial charge < -0.3 is 9.64 Å². The van der Waals surface area contributed by atoms with E-state index in [0.29, 0.717) is 29.4 Å². The second kappa shape index (κ2) is 7.88. The van der Waals surface area contributed by atoms with Crippen molar-refractivity contribution >= 4 is 33.2 Å². The smallest absolute Gasteiger partial charge is 0.261 e. The number of nitrogens with zero attached hydrogens (tertiary/aromatic N) is 1. The summed E-state index contributed by atoms with van der Waals surface area (Å²) in [5, 5.41) is 0.309. The van der Waals surface area contributed by atoms with Gasteiger partial charge in [-0.05, 0) is 50.2 Å². The minimum absolute atomic E-state index is 0.0304. The zero-order chi connectivity index (χ0) is 19.6. The van der Waals surface area contributed by atoms with Crippen molar-refractivity contribution in [1.82, 2.24) is 4.90 Å². The number of carbonyl (C=O) groups is 1. The van der Waals surface area contributed by atoms with Gasteiger partial charge in [-0.1, -0.05) is 23.7 Å². The highest BCUT2D eigenvalue weighted by Crippen LogP contribution is 2.24. The van der Waals surface area contributed by atoms with Gasteiger partial charge in [-0.3, -0.25) is 9.52 Å². The van der Waals surface area contributed by atoms with E-state index in [9.17, 15) is 13.2 Å². The Morgan fingerprint density at radius 1 is 1.07 bits per heavy atom. The zero-order valence-electron chi connectivity index (χ0n) is 15.1. The van der Waals surface area contributed by atoms with Crippen molar-refractivity contribution in [3.05, 3.63) is 59.1 Å². The average Bonchev–Trinajstić information content (AvgIpc) is 2.62. The summed E-state index contributed by atoms with van der Waals surface area (Å²) in [7, 11) is -3.80. The standard InChI is InChI=1S/C19H21ClN2O4S/c1-13-11-22(12-14(2)26-13)19(23)15-7-9-16(10-8-15)27(24,25)21-18-6-4-3-5-17(18)20/h3-10,13-14,21H,11-12H2,1-2H3/t13-,14-/m0/s1. The van der Waals surface area contributed by atoms with Crippen molar-refractivity contribution < 1.29 is 17.9 Å². The molecular weight excluding hydrogens is 388 g/mol. The lowest BCUT2D eigenvalue weighted by molar-refractivity contribution is -0.0586. The Morgan fingerprint density at radius 2 is 1.67 bits per heavy atom. The maximum Gasteiger partial charge on any atom is 0.261 e. The predicted octanol–water partition coefficient (Wildman–Crippen LogP) is 3.39. The van der Waals surface area contributed by atoms with Gasteiger partial charge in [0.1, 0.15) is 0 Å². The molecule has 2 aromatic rings. The molecule has 3 rings (SSSR count). The molecule has 1 amide bonds. The highest BCUT2D eigenvalue weighted by Gasteiger charge is 2.27. The fourth-order valence-electron chi connectivity index (χ4n) is 3.05. The number of halogens is 1. The number of hydrogen-bond acceptors (Lipinski definition) is 4. The first-order valence-electron chi connectivity index (χ1n) is 8.58. The summed E-state index contributed by atoms with van der Waals surface area (Å²) >= 11 is 6.01. The Kier molecular flexibility index (Phi) is 5.74. The van der Waals surface area contributed by atoms with Crippen molar-refractivity contribution in [1.29, 1.82) is 0 Å². The number of nitrogens with one attached hydrogen (secondary N) is 1. The summed E-state index contributed by atoms with van der Waals surface area (Å²) in [5.74, 6) is -0.139. The quantitative estimate of drug-likeness (QED) is 0.841. The summed E-state index contributed by atoms with van der Waals surface area (Å²) in [6.45, 7) is 4.87. The Morgan fingerprint density at radius 3 is 2.26 bits per heavy atom. The van der Waals surface area contributed by atoms with Gasteiger partial charge in [-0.25, -0.2) is 8.42 Å². The maximum atomic E-state index is 12.7. The van der Waals surface area contributed by atoms with Crippen molar-refractivity contribution in [2.75, 3.05) is 17.8 Å². The minimum atomic E-state index is -3.80. The molecule has 2 aromatic carbocycles. The first-order chi connectivity index (χ1) is 12.8. The van der Waals surface area contributed by atoms with Crippen LogP contribution in [-0.2, 0) is 14.8 Å². The van der Waals surface area contributed by atoms with Gasteiger partial charge in [0.2, 0.25) is 0 Å². The van der Waals surface area contributed by atoms with Crippen LogP contribution in [-0.4, -0.2) is 44.5 Å². The molecule has 1 aliphatic rings. The molecular formula is C19H21ClN2O4S. The van der Waals surface area contributed by atoms with Crippen LogP contribution < -0.4 is 4.72 Å². The molecule has 0 saturated carbocycles. The highest BCUT2D eigenvalue weighted by atomic mass is 35.5. The first-order valence-corrected chi connectivity index (χ1v) is 10.4. The third kappa shape index (κ3) is 4.61. The summed E-state index contributed by atoms with van der Waals surface area (Å²) in [6, 6.07) is 12.5. The monoisotopic (exact) mass is 408 g/mol. The molecule has 1 fully saturated rings. The molecule has 0 unspecified atom stereocenters. The number of ether oxygens (including phenoxy) is 1. The molecule has 144 valence electrons. The third-order valence-electron chi connectivity index (χ3n) is 4.24. The van der Waals surface area contributed by atoms with Gasteiger partial charge in [-0.15, -0.1) is 0 Å². The van der Waals surface area contributed by atoms with E-state index < -0.39 is 10.0 Å². The summed E-state index contributed by atoms with van der Waals surface area (Å²) in [6.07, 6.45) is -0.0608. The molecule has 1 heterocycles. The summed E-state index contributed by atoms with van der Waals surface area (Å²) in [5.41, 5.74) is 0.739. The fourth-order valence-corrected chi connectivity index (χ4v) is 4.37. The predicted molar refractivity (Wildman–Crippen MR) is 105 cm³/mol. The molecule has 0 bridgehead atoms. The lowest BCUT2D eigenvalue weighted by Gasteiger charge is -2.35. The summed E-state index contributed by atoms with van der Waals surface area (Å²) in [4.78, 5) is 14.5. The van der Waals surface area contributed by atoms with Crippen LogP contribution in [0.3, 0.4) is 0 Å². The zero-order valence-corrected chi connectivity index (χ0v) is 16.6. The first kappa shape index (κ1) is 19.7. The third-order valence-corrected chi connectivity index (χ3v) is 5.95. The molecule has 0 aliphatic carbocycles. The lowest BCUT2D eigenvalue weighted by Crippen LogP contribution is -2.48. The van der Waals surface area contributed by atoms with E-state index >= 15 is 0 Å². The second-order valence-corrected chi connectivity index (χ2v) is 8.67. The number of carbonyl (C=O) groups excluding carboxylic acids is 1. The summed E-state index contributed by atoms with van der Waals surface area (Å²) < 4.78 is 33.2. The Balaban J connectivity index is 1.76. The van der Waals surface area contributed by atoms with Gasteiger partial charge in [0.25, 0.3) is 15.9 Å². The second-order valence-electron chi connectivity index (χ2n) is 6.58. The molecule has 0 aromatic heterocycles. The molecule has 27 heavy (non-hydrogen) atoms.